The van der Waals surface area contributed by atoms with Gasteiger partial charge in [-0.25, -0.2) is 0 Å². The maximum atomic E-state index is 11.0. The van der Waals surface area contributed by atoms with E-state index in [1.54, 1.807) is 0 Å². The Morgan fingerprint density at radius 1 is 0.750 bits per heavy atom. The fourth-order valence-electron chi connectivity index (χ4n) is 1.28. The quantitative estimate of drug-likeness (QED) is 0.742. The molecule has 0 heterocycles. The number of carbonyl (C=O) groups is 2. The number of rotatable bonds is 4. The summed E-state index contributed by atoms with van der Waals surface area (Å²) in [5.41, 5.74) is -0.192. The van der Waals surface area contributed by atoms with Crippen LogP contribution in [-0.2, 0) is 19.1 Å². The number of carbonyl (C=O) groups excluding carboxylic acids is 2. The summed E-state index contributed by atoms with van der Waals surface area (Å²) in [7, 11) is 0. The molecule has 2 aliphatic rings. The van der Waals surface area contributed by atoms with Crippen molar-refractivity contribution in [3.63, 3.8) is 0 Å². The Morgan fingerprint density at radius 3 is 1.15 bits per heavy atom. The Bertz CT molecular complexity index is 327. The predicted octanol–water partition coefficient (Wildman–Crippen LogP) is 3.48. The lowest BCUT2D eigenvalue weighted by Crippen LogP contribution is -2.19. The monoisotopic (exact) mass is 284 g/mol. The Labute approximate surface area is 122 Å². The largest absolute Gasteiger partial charge is 0.459 e. The molecule has 0 radical (unpaired) electrons. The SMILES string of the molecule is CC(C)C(=O)OC1(C)CC1.CC(C)C(=O)OC1(C)CC1. The molecule has 0 atom stereocenters. The van der Waals surface area contributed by atoms with Crippen molar-refractivity contribution in [2.45, 2.75) is 78.4 Å². The van der Waals surface area contributed by atoms with Gasteiger partial charge in [-0.05, 0) is 39.5 Å². The van der Waals surface area contributed by atoms with Gasteiger partial charge in [-0.1, -0.05) is 27.7 Å². The van der Waals surface area contributed by atoms with E-state index in [-0.39, 0.29) is 35.0 Å². The highest BCUT2D eigenvalue weighted by atomic mass is 16.6. The molecule has 0 aromatic rings. The summed E-state index contributed by atoms with van der Waals surface area (Å²) in [6.07, 6.45) is 4.13. The highest BCUT2D eigenvalue weighted by molar-refractivity contribution is 5.72. The van der Waals surface area contributed by atoms with E-state index in [0.717, 1.165) is 25.7 Å². The molecule has 0 unspecified atom stereocenters. The third-order valence-corrected chi connectivity index (χ3v) is 3.55. The van der Waals surface area contributed by atoms with E-state index in [0.29, 0.717) is 0 Å². The smallest absolute Gasteiger partial charge is 0.308 e. The van der Waals surface area contributed by atoms with Crippen LogP contribution in [0.2, 0.25) is 0 Å². The van der Waals surface area contributed by atoms with Crippen molar-refractivity contribution in [2.75, 3.05) is 0 Å². The van der Waals surface area contributed by atoms with Crippen molar-refractivity contribution in [1.82, 2.24) is 0 Å². The van der Waals surface area contributed by atoms with E-state index in [2.05, 4.69) is 0 Å². The van der Waals surface area contributed by atoms with Crippen LogP contribution in [0, 0.1) is 11.8 Å². The molecule has 2 aliphatic carbocycles. The summed E-state index contributed by atoms with van der Waals surface area (Å²) in [6, 6.07) is 0. The highest BCUT2D eigenvalue weighted by Gasteiger charge is 2.42. The minimum Gasteiger partial charge on any atom is -0.459 e. The summed E-state index contributed by atoms with van der Waals surface area (Å²) in [4.78, 5) is 22.0. The van der Waals surface area contributed by atoms with Gasteiger partial charge < -0.3 is 9.47 Å². The van der Waals surface area contributed by atoms with Crippen molar-refractivity contribution in [2.24, 2.45) is 11.8 Å². The number of ether oxygens (including phenoxy) is 2. The maximum absolute atomic E-state index is 11.0. The molecule has 0 saturated heterocycles. The molecule has 0 bridgehead atoms. The average Bonchev–Trinajstić information content (AvgIpc) is 3.21. The van der Waals surface area contributed by atoms with E-state index >= 15 is 0 Å². The summed E-state index contributed by atoms with van der Waals surface area (Å²) < 4.78 is 10.3. The molecular weight excluding hydrogens is 256 g/mol. The van der Waals surface area contributed by atoms with E-state index in [4.69, 9.17) is 9.47 Å². The van der Waals surface area contributed by atoms with Crippen LogP contribution < -0.4 is 0 Å². The highest BCUT2D eigenvalue weighted by Crippen LogP contribution is 2.39. The minimum atomic E-state index is -0.0959. The topological polar surface area (TPSA) is 52.6 Å². The van der Waals surface area contributed by atoms with E-state index in [1.165, 1.54) is 0 Å². The fraction of sp³-hybridized carbons (Fsp3) is 0.875. The van der Waals surface area contributed by atoms with Gasteiger partial charge in [0, 0.05) is 0 Å². The standard InChI is InChI=1S/2C8H14O2/c2*1-6(2)7(9)10-8(3)4-5-8/h2*6H,4-5H2,1-3H3. The summed E-state index contributed by atoms with van der Waals surface area (Å²) in [5, 5.41) is 0. The first kappa shape index (κ1) is 17.0. The molecule has 0 aromatic carbocycles. The number of hydrogen-bond acceptors (Lipinski definition) is 4. The van der Waals surface area contributed by atoms with Gasteiger partial charge in [0.1, 0.15) is 11.2 Å². The lowest BCUT2D eigenvalue weighted by Gasteiger charge is -2.12. The van der Waals surface area contributed by atoms with E-state index < -0.39 is 0 Å². The zero-order chi connectivity index (χ0) is 15.6. The van der Waals surface area contributed by atoms with Crippen molar-refractivity contribution in [1.29, 1.82) is 0 Å². The third-order valence-electron chi connectivity index (χ3n) is 3.55. The average molecular weight is 284 g/mol. The molecule has 2 rings (SSSR count). The Kier molecular flexibility index (Phi) is 5.22. The second kappa shape index (κ2) is 6.15. The van der Waals surface area contributed by atoms with Crippen LogP contribution in [0.25, 0.3) is 0 Å². The van der Waals surface area contributed by atoms with Crippen LogP contribution in [0.5, 0.6) is 0 Å². The molecule has 0 N–H and O–H groups in total. The van der Waals surface area contributed by atoms with Gasteiger partial charge >= 0.3 is 11.9 Å². The molecule has 4 heteroatoms. The van der Waals surface area contributed by atoms with Gasteiger partial charge in [0.05, 0.1) is 11.8 Å². The predicted molar refractivity (Wildman–Crippen MR) is 77.1 cm³/mol. The molecular formula is C16H28O4. The molecule has 2 saturated carbocycles. The summed E-state index contributed by atoms with van der Waals surface area (Å²) in [6.45, 7) is 11.4. The molecule has 116 valence electrons. The fourth-order valence-corrected chi connectivity index (χ4v) is 1.28. The van der Waals surface area contributed by atoms with Crippen molar-refractivity contribution < 1.29 is 19.1 Å². The molecule has 0 amide bonds. The van der Waals surface area contributed by atoms with Crippen LogP contribution in [0.15, 0.2) is 0 Å². The lowest BCUT2D eigenvalue weighted by atomic mass is 10.2. The third kappa shape index (κ3) is 5.93. The first-order valence-corrected chi connectivity index (χ1v) is 7.53. The van der Waals surface area contributed by atoms with Gasteiger partial charge in [-0.3, -0.25) is 9.59 Å². The van der Waals surface area contributed by atoms with Gasteiger partial charge in [0.15, 0.2) is 0 Å². The van der Waals surface area contributed by atoms with Gasteiger partial charge in [-0.15, -0.1) is 0 Å². The molecule has 4 nitrogen and oxygen atoms in total. The van der Waals surface area contributed by atoms with Crippen LogP contribution in [-0.4, -0.2) is 23.1 Å². The molecule has 20 heavy (non-hydrogen) atoms. The van der Waals surface area contributed by atoms with Gasteiger partial charge in [0.2, 0.25) is 0 Å². The first-order valence-electron chi connectivity index (χ1n) is 7.53. The van der Waals surface area contributed by atoms with Crippen LogP contribution in [0.4, 0.5) is 0 Å². The number of esters is 2. The lowest BCUT2D eigenvalue weighted by molar-refractivity contribution is -0.154. The molecule has 0 aromatic heterocycles. The van der Waals surface area contributed by atoms with Crippen molar-refractivity contribution in [3.05, 3.63) is 0 Å². The maximum Gasteiger partial charge on any atom is 0.308 e. The van der Waals surface area contributed by atoms with Crippen molar-refractivity contribution in [3.8, 4) is 0 Å². The van der Waals surface area contributed by atoms with Crippen molar-refractivity contribution >= 4 is 11.9 Å². The molecule has 0 spiro atoms. The van der Waals surface area contributed by atoms with Crippen LogP contribution in [0.3, 0.4) is 0 Å². The van der Waals surface area contributed by atoms with Gasteiger partial charge in [-0.2, -0.15) is 0 Å². The zero-order valence-corrected chi connectivity index (χ0v) is 13.6. The Balaban J connectivity index is 0.000000200. The van der Waals surface area contributed by atoms with Crippen LogP contribution in [0.1, 0.15) is 67.2 Å². The second-order valence-corrected chi connectivity index (χ2v) is 7.05. The van der Waals surface area contributed by atoms with E-state index in [9.17, 15) is 9.59 Å². The molecule has 0 aliphatic heterocycles. The summed E-state index contributed by atoms with van der Waals surface area (Å²) >= 11 is 0. The van der Waals surface area contributed by atoms with Gasteiger partial charge in [0.25, 0.3) is 0 Å². The zero-order valence-electron chi connectivity index (χ0n) is 13.6. The molecule has 2 fully saturated rings. The number of hydrogen-bond donors (Lipinski definition) is 0. The normalized spacial score (nSPS) is 20.8. The van der Waals surface area contributed by atoms with Crippen LogP contribution >= 0.6 is 0 Å². The Hall–Kier alpha value is -1.06. The summed E-state index contributed by atoms with van der Waals surface area (Å²) in [5.74, 6) is -0.116. The van der Waals surface area contributed by atoms with E-state index in [1.807, 2.05) is 41.5 Å². The Morgan fingerprint density at radius 2 is 1.00 bits per heavy atom. The first-order chi connectivity index (χ1) is 9.07. The minimum absolute atomic E-state index is 0.0115. The second-order valence-electron chi connectivity index (χ2n) is 7.05.